The number of hydrogen-bond acceptors (Lipinski definition) is 3. The molecule has 3 heteroatoms. The van der Waals surface area contributed by atoms with Crippen LogP contribution >= 0.6 is 0 Å². The van der Waals surface area contributed by atoms with E-state index in [9.17, 15) is 10.2 Å². The number of aryl methyl sites for hydroxylation is 1. The number of nitrogens with one attached hydrogen (secondary N) is 1. The molecule has 0 heterocycles. The fourth-order valence-electron chi connectivity index (χ4n) is 2.44. The number of benzene rings is 2. The van der Waals surface area contributed by atoms with E-state index in [1.165, 1.54) is 5.56 Å². The molecule has 0 fully saturated rings. The van der Waals surface area contributed by atoms with Gasteiger partial charge in [-0.05, 0) is 37.1 Å². The maximum Gasteiger partial charge on any atom is 0.124 e. The Kier molecular flexibility index (Phi) is 4.51. The standard InChI is InChI=1S/C17H21NO2/c1-3-7-13-8-4-5-9-14(13)18-12(2)17-15(19)10-6-11-16(17)20/h4-6,8-12,18-20H,3,7H2,1-2H3. The number of phenolic OH excluding ortho intramolecular Hbond substituents is 2. The third kappa shape index (κ3) is 3.05. The van der Waals surface area contributed by atoms with Gasteiger partial charge in [0.25, 0.3) is 0 Å². The second kappa shape index (κ2) is 6.33. The molecule has 1 atom stereocenters. The summed E-state index contributed by atoms with van der Waals surface area (Å²) < 4.78 is 0. The molecule has 0 aliphatic carbocycles. The molecule has 2 aromatic carbocycles. The van der Waals surface area contributed by atoms with Gasteiger partial charge in [-0.1, -0.05) is 37.6 Å². The van der Waals surface area contributed by atoms with Crippen LogP contribution in [0.25, 0.3) is 0 Å². The van der Waals surface area contributed by atoms with Gasteiger partial charge in [0, 0.05) is 5.69 Å². The molecule has 0 aliphatic heterocycles. The Hall–Kier alpha value is -2.16. The van der Waals surface area contributed by atoms with E-state index in [2.05, 4.69) is 18.3 Å². The highest BCUT2D eigenvalue weighted by Gasteiger charge is 2.15. The summed E-state index contributed by atoms with van der Waals surface area (Å²) in [5.41, 5.74) is 2.82. The summed E-state index contributed by atoms with van der Waals surface area (Å²) in [5.74, 6) is 0.218. The van der Waals surface area contributed by atoms with Crippen molar-refractivity contribution >= 4 is 5.69 Å². The second-order valence-corrected chi connectivity index (χ2v) is 4.98. The fourth-order valence-corrected chi connectivity index (χ4v) is 2.44. The Balaban J connectivity index is 2.26. The highest BCUT2D eigenvalue weighted by Crippen LogP contribution is 2.34. The van der Waals surface area contributed by atoms with Crippen molar-refractivity contribution in [1.29, 1.82) is 0 Å². The smallest absolute Gasteiger partial charge is 0.124 e. The molecule has 0 spiro atoms. The topological polar surface area (TPSA) is 52.5 Å². The Labute approximate surface area is 119 Å². The summed E-state index contributed by atoms with van der Waals surface area (Å²) in [4.78, 5) is 0. The zero-order chi connectivity index (χ0) is 14.5. The molecule has 0 saturated carbocycles. The first-order valence-electron chi connectivity index (χ1n) is 6.98. The number of rotatable bonds is 5. The Morgan fingerprint density at radius 1 is 1.00 bits per heavy atom. The monoisotopic (exact) mass is 271 g/mol. The van der Waals surface area contributed by atoms with Crippen molar-refractivity contribution in [2.75, 3.05) is 5.32 Å². The van der Waals surface area contributed by atoms with Crippen molar-refractivity contribution < 1.29 is 10.2 Å². The SMILES string of the molecule is CCCc1ccccc1NC(C)c1c(O)cccc1O. The van der Waals surface area contributed by atoms with Crippen LogP contribution in [0.2, 0.25) is 0 Å². The number of aromatic hydroxyl groups is 2. The van der Waals surface area contributed by atoms with Crippen LogP contribution in [0.4, 0.5) is 5.69 Å². The maximum atomic E-state index is 9.91. The van der Waals surface area contributed by atoms with Gasteiger partial charge in [0.05, 0.1) is 11.6 Å². The van der Waals surface area contributed by atoms with Crippen molar-refractivity contribution in [2.24, 2.45) is 0 Å². The lowest BCUT2D eigenvalue weighted by atomic mass is 10.0. The van der Waals surface area contributed by atoms with E-state index in [-0.39, 0.29) is 17.5 Å². The van der Waals surface area contributed by atoms with Crippen LogP contribution in [0.5, 0.6) is 11.5 Å². The largest absolute Gasteiger partial charge is 0.507 e. The Morgan fingerprint density at radius 2 is 1.65 bits per heavy atom. The molecule has 0 aliphatic rings. The summed E-state index contributed by atoms with van der Waals surface area (Å²) in [5, 5.41) is 23.2. The van der Waals surface area contributed by atoms with Gasteiger partial charge in [-0.3, -0.25) is 0 Å². The van der Waals surface area contributed by atoms with E-state index in [1.54, 1.807) is 18.2 Å². The molecule has 20 heavy (non-hydrogen) atoms. The molecule has 0 aromatic heterocycles. The lowest BCUT2D eigenvalue weighted by Gasteiger charge is -2.20. The lowest BCUT2D eigenvalue weighted by molar-refractivity contribution is 0.434. The van der Waals surface area contributed by atoms with Gasteiger partial charge in [0.1, 0.15) is 11.5 Å². The average Bonchev–Trinajstić information content (AvgIpc) is 2.41. The normalized spacial score (nSPS) is 12.1. The van der Waals surface area contributed by atoms with Gasteiger partial charge in [-0.2, -0.15) is 0 Å². The van der Waals surface area contributed by atoms with Crippen molar-refractivity contribution in [1.82, 2.24) is 0 Å². The molecular formula is C17H21NO2. The van der Waals surface area contributed by atoms with Gasteiger partial charge in [-0.25, -0.2) is 0 Å². The van der Waals surface area contributed by atoms with Crippen LogP contribution in [0, 0.1) is 0 Å². The summed E-state index contributed by atoms with van der Waals surface area (Å²) in [6.07, 6.45) is 2.08. The van der Waals surface area contributed by atoms with Crippen LogP contribution < -0.4 is 5.32 Å². The van der Waals surface area contributed by atoms with Gasteiger partial charge < -0.3 is 15.5 Å². The first-order chi connectivity index (χ1) is 9.63. The lowest BCUT2D eigenvalue weighted by Crippen LogP contribution is -2.09. The molecule has 0 radical (unpaired) electrons. The number of para-hydroxylation sites is 1. The molecule has 2 aromatic rings. The molecule has 1 unspecified atom stereocenters. The first kappa shape index (κ1) is 14.3. The summed E-state index contributed by atoms with van der Waals surface area (Å²) in [6, 6.07) is 12.8. The van der Waals surface area contributed by atoms with E-state index in [1.807, 2.05) is 25.1 Å². The molecule has 106 valence electrons. The van der Waals surface area contributed by atoms with E-state index in [4.69, 9.17) is 0 Å². The van der Waals surface area contributed by atoms with Crippen LogP contribution in [-0.4, -0.2) is 10.2 Å². The predicted molar refractivity (Wildman–Crippen MR) is 82.2 cm³/mol. The average molecular weight is 271 g/mol. The number of anilines is 1. The summed E-state index contributed by atoms with van der Waals surface area (Å²) >= 11 is 0. The third-order valence-corrected chi connectivity index (χ3v) is 3.40. The van der Waals surface area contributed by atoms with Gasteiger partial charge in [0.15, 0.2) is 0 Å². The molecule has 0 bridgehead atoms. The molecule has 3 nitrogen and oxygen atoms in total. The zero-order valence-corrected chi connectivity index (χ0v) is 11.9. The quantitative estimate of drug-likeness (QED) is 0.763. The minimum absolute atomic E-state index is 0.109. The van der Waals surface area contributed by atoms with Crippen molar-refractivity contribution in [3.8, 4) is 11.5 Å². The van der Waals surface area contributed by atoms with Gasteiger partial charge >= 0.3 is 0 Å². The molecule has 0 saturated heterocycles. The first-order valence-corrected chi connectivity index (χ1v) is 6.98. The van der Waals surface area contributed by atoms with Crippen LogP contribution in [0.3, 0.4) is 0 Å². The summed E-state index contributed by atoms with van der Waals surface area (Å²) in [7, 11) is 0. The Morgan fingerprint density at radius 3 is 2.30 bits per heavy atom. The molecule has 3 N–H and O–H groups in total. The van der Waals surface area contributed by atoms with Crippen molar-refractivity contribution in [3.63, 3.8) is 0 Å². The minimum atomic E-state index is -0.172. The van der Waals surface area contributed by atoms with Gasteiger partial charge in [-0.15, -0.1) is 0 Å². The molecule has 0 amide bonds. The highest BCUT2D eigenvalue weighted by molar-refractivity contribution is 5.55. The van der Waals surface area contributed by atoms with Gasteiger partial charge in [0.2, 0.25) is 0 Å². The molecular weight excluding hydrogens is 250 g/mol. The van der Waals surface area contributed by atoms with E-state index in [0.717, 1.165) is 18.5 Å². The summed E-state index contributed by atoms with van der Waals surface area (Å²) in [6.45, 7) is 4.08. The van der Waals surface area contributed by atoms with E-state index in [0.29, 0.717) is 5.56 Å². The van der Waals surface area contributed by atoms with Crippen LogP contribution in [0.15, 0.2) is 42.5 Å². The van der Waals surface area contributed by atoms with Crippen molar-refractivity contribution in [2.45, 2.75) is 32.7 Å². The van der Waals surface area contributed by atoms with Crippen molar-refractivity contribution in [3.05, 3.63) is 53.6 Å². The number of phenols is 2. The highest BCUT2D eigenvalue weighted by atomic mass is 16.3. The maximum absolute atomic E-state index is 9.91. The third-order valence-electron chi connectivity index (χ3n) is 3.40. The van der Waals surface area contributed by atoms with E-state index >= 15 is 0 Å². The van der Waals surface area contributed by atoms with Crippen LogP contribution in [0.1, 0.15) is 37.4 Å². The molecule has 2 rings (SSSR count). The zero-order valence-electron chi connectivity index (χ0n) is 11.9. The fraction of sp³-hybridized carbons (Fsp3) is 0.294. The predicted octanol–water partition coefficient (Wildman–Crippen LogP) is 4.22. The Bertz CT molecular complexity index is 561. The second-order valence-electron chi connectivity index (χ2n) is 4.98. The minimum Gasteiger partial charge on any atom is -0.507 e. The van der Waals surface area contributed by atoms with Crippen LogP contribution in [-0.2, 0) is 6.42 Å². The van der Waals surface area contributed by atoms with E-state index < -0.39 is 0 Å². The number of hydrogen-bond donors (Lipinski definition) is 3.